The Hall–Kier alpha value is -0.410. The van der Waals surface area contributed by atoms with Gasteiger partial charge < -0.3 is 5.32 Å². The molecule has 1 atom stereocenters. The van der Waals surface area contributed by atoms with Gasteiger partial charge in [-0.15, -0.1) is 11.3 Å². The molecule has 1 heterocycles. The zero-order valence-corrected chi connectivity index (χ0v) is 11.7. The van der Waals surface area contributed by atoms with Crippen LogP contribution in [0.4, 0.5) is 0 Å². The van der Waals surface area contributed by atoms with Crippen LogP contribution in [0, 0.1) is 12.8 Å². The Kier molecular flexibility index (Phi) is 5.99. The van der Waals surface area contributed by atoms with Crippen molar-refractivity contribution >= 4 is 11.3 Å². The first-order chi connectivity index (χ1) is 7.63. The maximum Gasteiger partial charge on any atom is 0.0897 e. The van der Waals surface area contributed by atoms with E-state index in [0.717, 1.165) is 12.5 Å². The Balaban J connectivity index is 2.55. The molecule has 0 aliphatic carbocycles. The highest BCUT2D eigenvalue weighted by molar-refractivity contribution is 7.11. The van der Waals surface area contributed by atoms with Crippen LogP contribution >= 0.6 is 11.3 Å². The van der Waals surface area contributed by atoms with E-state index in [1.807, 2.05) is 17.5 Å². The van der Waals surface area contributed by atoms with E-state index in [4.69, 9.17) is 0 Å². The first-order valence-corrected chi connectivity index (χ1v) is 7.10. The number of rotatable bonds is 7. The lowest BCUT2D eigenvalue weighted by molar-refractivity contribution is 0.445. The minimum Gasteiger partial charge on any atom is -0.309 e. The maximum absolute atomic E-state index is 4.35. The molecule has 1 N–H and O–H groups in total. The summed E-state index contributed by atoms with van der Waals surface area (Å²) in [5.41, 5.74) is 0. The molecular formula is C13H24N2S. The second kappa shape index (κ2) is 7.02. The van der Waals surface area contributed by atoms with E-state index in [1.165, 1.54) is 29.1 Å². The minimum absolute atomic E-state index is 0.508. The molecule has 0 amide bonds. The van der Waals surface area contributed by atoms with Gasteiger partial charge >= 0.3 is 0 Å². The number of nitrogens with one attached hydrogen (secondary N) is 1. The average molecular weight is 240 g/mol. The monoisotopic (exact) mass is 240 g/mol. The van der Waals surface area contributed by atoms with Gasteiger partial charge in [-0.3, -0.25) is 0 Å². The van der Waals surface area contributed by atoms with Crippen LogP contribution in [0.3, 0.4) is 0 Å². The number of thiazole rings is 1. The summed E-state index contributed by atoms with van der Waals surface area (Å²) in [5.74, 6) is 0.778. The molecule has 0 aromatic carbocycles. The van der Waals surface area contributed by atoms with Gasteiger partial charge in [-0.1, -0.05) is 20.8 Å². The molecule has 92 valence electrons. The summed E-state index contributed by atoms with van der Waals surface area (Å²) in [5, 5.41) is 4.79. The molecule has 16 heavy (non-hydrogen) atoms. The van der Waals surface area contributed by atoms with Gasteiger partial charge in [0, 0.05) is 17.1 Å². The third-order valence-electron chi connectivity index (χ3n) is 2.66. The second-order valence-electron chi connectivity index (χ2n) is 4.76. The Bertz CT molecular complexity index is 294. The van der Waals surface area contributed by atoms with Crippen molar-refractivity contribution in [3.05, 3.63) is 16.1 Å². The van der Waals surface area contributed by atoms with Crippen LogP contribution in [0.25, 0.3) is 0 Å². The number of nitrogens with zero attached hydrogens (tertiary/aromatic N) is 1. The van der Waals surface area contributed by atoms with Crippen molar-refractivity contribution in [2.24, 2.45) is 5.92 Å². The first-order valence-electron chi connectivity index (χ1n) is 6.29. The molecule has 1 aromatic heterocycles. The highest BCUT2D eigenvalue weighted by atomic mass is 32.1. The van der Waals surface area contributed by atoms with Crippen LogP contribution in [-0.2, 0) is 0 Å². The Morgan fingerprint density at radius 1 is 1.38 bits per heavy atom. The largest absolute Gasteiger partial charge is 0.309 e. The van der Waals surface area contributed by atoms with Crippen LogP contribution in [-0.4, -0.2) is 11.5 Å². The van der Waals surface area contributed by atoms with Crippen LogP contribution in [0.1, 0.15) is 56.0 Å². The fourth-order valence-corrected chi connectivity index (χ4v) is 2.60. The Morgan fingerprint density at radius 3 is 2.62 bits per heavy atom. The molecule has 1 aromatic rings. The SMILES string of the molecule is CCCNC(CCC(C)C)c1cnc(C)s1. The molecule has 1 rings (SSSR count). The Morgan fingerprint density at radius 2 is 2.12 bits per heavy atom. The molecular weight excluding hydrogens is 216 g/mol. The van der Waals surface area contributed by atoms with Gasteiger partial charge in [-0.25, -0.2) is 4.98 Å². The zero-order chi connectivity index (χ0) is 12.0. The zero-order valence-electron chi connectivity index (χ0n) is 10.9. The van der Waals surface area contributed by atoms with Gasteiger partial charge in [0.15, 0.2) is 0 Å². The quantitative estimate of drug-likeness (QED) is 0.781. The lowest BCUT2D eigenvalue weighted by Crippen LogP contribution is -2.21. The first kappa shape index (κ1) is 13.7. The molecule has 0 saturated carbocycles. The van der Waals surface area contributed by atoms with Gasteiger partial charge in [0.25, 0.3) is 0 Å². The average Bonchev–Trinajstić information content (AvgIpc) is 2.64. The summed E-state index contributed by atoms with van der Waals surface area (Å²) in [6.07, 6.45) is 5.72. The summed E-state index contributed by atoms with van der Waals surface area (Å²) in [4.78, 5) is 5.75. The smallest absolute Gasteiger partial charge is 0.0897 e. The van der Waals surface area contributed by atoms with Gasteiger partial charge in [0.05, 0.1) is 5.01 Å². The molecule has 3 heteroatoms. The van der Waals surface area contributed by atoms with Gasteiger partial charge in [0.2, 0.25) is 0 Å². The van der Waals surface area contributed by atoms with E-state index in [-0.39, 0.29) is 0 Å². The molecule has 2 nitrogen and oxygen atoms in total. The van der Waals surface area contributed by atoms with E-state index >= 15 is 0 Å². The number of aryl methyl sites for hydroxylation is 1. The summed E-state index contributed by atoms with van der Waals surface area (Å²) in [6, 6.07) is 0.508. The van der Waals surface area contributed by atoms with Crippen LogP contribution in [0.5, 0.6) is 0 Å². The Labute approximate surface area is 103 Å². The van der Waals surface area contributed by atoms with E-state index in [9.17, 15) is 0 Å². The topological polar surface area (TPSA) is 24.9 Å². The van der Waals surface area contributed by atoms with Crippen molar-refractivity contribution in [1.82, 2.24) is 10.3 Å². The summed E-state index contributed by atoms with van der Waals surface area (Å²) >= 11 is 1.82. The van der Waals surface area contributed by atoms with Gasteiger partial charge in [-0.05, 0) is 38.6 Å². The second-order valence-corrected chi connectivity index (χ2v) is 6.03. The summed E-state index contributed by atoms with van der Waals surface area (Å²) in [7, 11) is 0. The van der Waals surface area contributed by atoms with Gasteiger partial charge in [0.1, 0.15) is 0 Å². The number of aromatic nitrogens is 1. The molecule has 0 saturated heterocycles. The normalized spacial score (nSPS) is 13.3. The van der Waals surface area contributed by atoms with E-state index in [0.29, 0.717) is 6.04 Å². The summed E-state index contributed by atoms with van der Waals surface area (Å²) < 4.78 is 0. The van der Waals surface area contributed by atoms with Crippen molar-refractivity contribution in [3.63, 3.8) is 0 Å². The van der Waals surface area contributed by atoms with Crippen molar-refractivity contribution in [2.45, 2.75) is 53.0 Å². The third kappa shape index (κ3) is 4.62. The third-order valence-corrected chi connectivity index (χ3v) is 3.68. The van der Waals surface area contributed by atoms with Crippen LogP contribution in [0.15, 0.2) is 6.20 Å². The number of hydrogen-bond acceptors (Lipinski definition) is 3. The van der Waals surface area contributed by atoms with Crippen molar-refractivity contribution in [3.8, 4) is 0 Å². The standard InChI is InChI=1S/C13H24N2S/c1-5-8-14-12(7-6-10(2)3)13-9-15-11(4)16-13/h9-10,12,14H,5-8H2,1-4H3. The maximum atomic E-state index is 4.35. The van der Waals surface area contributed by atoms with E-state index in [2.05, 4.69) is 38.0 Å². The fraction of sp³-hybridized carbons (Fsp3) is 0.769. The molecule has 0 fully saturated rings. The predicted molar refractivity (Wildman–Crippen MR) is 72.0 cm³/mol. The predicted octanol–water partition coefficient (Wildman–Crippen LogP) is 3.93. The van der Waals surface area contributed by atoms with E-state index < -0.39 is 0 Å². The minimum atomic E-state index is 0.508. The van der Waals surface area contributed by atoms with Crippen LogP contribution < -0.4 is 5.32 Å². The lowest BCUT2D eigenvalue weighted by Gasteiger charge is -2.17. The van der Waals surface area contributed by atoms with Crippen molar-refractivity contribution < 1.29 is 0 Å². The summed E-state index contributed by atoms with van der Waals surface area (Å²) in [6.45, 7) is 9.96. The van der Waals surface area contributed by atoms with Gasteiger partial charge in [-0.2, -0.15) is 0 Å². The molecule has 1 unspecified atom stereocenters. The molecule has 0 spiro atoms. The molecule has 0 aliphatic rings. The fourth-order valence-electron chi connectivity index (χ4n) is 1.70. The highest BCUT2D eigenvalue weighted by Crippen LogP contribution is 2.25. The number of hydrogen-bond donors (Lipinski definition) is 1. The van der Waals surface area contributed by atoms with Crippen molar-refractivity contribution in [1.29, 1.82) is 0 Å². The van der Waals surface area contributed by atoms with Crippen molar-refractivity contribution in [2.75, 3.05) is 6.54 Å². The van der Waals surface area contributed by atoms with E-state index in [1.54, 1.807) is 0 Å². The molecule has 0 aliphatic heterocycles. The van der Waals surface area contributed by atoms with Crippen LogP contribution in [0.2, 0.25) is 0 Å². The molecule has 0 radical (unpaired) electrons. The highest BCUT2D eigenvalue weighted by Gasteiger charge is 2.13. The molecule has 0 bridgehead atoms. The lowest BCUT2D eigenvalue weighted by atomic mass is 10.0.